The molecule has 0 aromatic rings. The first-order valence-electron chi connectivity index (χ1n) is 9.09. The maximum absolute atomic E-state index is 9.68. The lowest BCUT2D eigenvalue weighted by molar-refractivity contribution is -0.923. The first-order valence-corrected chi connectivity index (χ1v) is 10.7. The summed E-state index contributed by atoms with van der Waals surface area (Å²) < 4.78 is 30.4. The average Bonchev–Trinajstić information content (AvgIpc) is 2.47. The second-order valence-corrected chi connectivity index (χ2v) is 7.57. The first kappa shape index (κ1) is 24.1. The molecule has 0 aromatic heterocycles. The number of quaternary nitrogens is 1. The SMILES string of the molecule is CCCCCCCC[N+](CC)(CC)CC.CCCS(=O)(=O)[O-]. The Kier molecular flexibility index (Phi) is 15.9. The summed E-state index contributed by atoms with van der Waals surface area (Å²) in [5.74, 6) is -0.243. The van der Waals surface area contributed by atoms with Crippen molar-refractivity contribution in [3.63, 3.8) is 0 Å². The molecule has 0 bridgehead atoms. The third-order valence-corrected chi connectivity index (χ3v) is 5.36. The molecule has 0 spiro atoms. The molecule has 0 aliphatic heterocycles. The summed E-state index contributed by atoms with van der Waals surface area (Å²) in [6.07, 6.45) is 8.96. The highest BCUT2D eigenvalue weighted by Crippen LogP contribution is 2.11. The van der Waals surface area contributed by atoms with Gasteiger partial charge in [0, 0.05) is 5.75 Å². The third-order valence-electron chi connectivity index (χ3n) is 4.45. The predicted molar refractivity (Wildman–Crippen MR) is 95.0 cm³/mol. The van der Waals surface area contributed by atoms with Crippen molar-refractivity contribution in [1.29, 1.82) is 0 Å². The second-order valence-electron chi connectivity index (χ2n) is 6.04. The van der Waals surface area contributed by atoms with Gasteiger partial charge in [-0.25, -0.2) is 8.42 Å². The maximum atomic E-state index is 9.68. The Morgan fingerprint density at radius 3 is 1.50 bits per heavy atom. The van der Waals surface area contributed by atoms with E-state index in [1.54, 1.807) is 6.92 Å². The lowest BCUT2D eigenvalue weighted by Crippen LogP contribution is -2.48. The first-order chi connectivity index (χ1) is 10.3. The molecule has 0 atom stereocenters. The number of nitrogens with zero attached hydrogens (tertiary/aromatic N) is 1. The fraction of sp³-hybridized carbons (Fsp3) is 1.00. The molecule has 0 unspecified atom stereocenters. The smallest absolute Gasteiger partial charge is 0.0945 e. The van der Waals surface area contributed by atoms with Crippen LogP contribution in [0.5, 0.6) is 0 Å². The number of rotatable bonds is 12. The van der Waals surface area contributed by atoms with Gasteiger partial charge in [-0.15, -0.1) is 0 Å². The molecular formula is C17H39NO3S. The Bertz CT molecular complexity index is 317. The lowest BCUT2D eigenvalue weighted by atomic mass is 10.1. The molecule has 0 amide bonds. The molecule has 0 saturated heterocycles. The summed E-state index contributed by atoms with van der Waals surface area (Å²) in [6.45, 7) is 16.3. The molecule has 0 aliphatic rings. The van der Waals surface area contributed by atoms with Gasteiger partial charge in [-0.2, -0.15) is 0 Å². The highest BCUT2D eigenvalue weighted by molar-refractivity contribution is 7.85. The summed E-state index contributed by atoms with van der Waals surface area (Å²) in [7, 11) is -3.92. The zero-order chi connectivity index (χ0) is 17.5. The van der Waals surface area contributed by atoms with E-state index in [4.69, 9.17) is 0 Å². The monoisotopic (exact) mass is 337 g/mol. The van der Waals surface area contributed by atoms with E-state index in [1.807, 2.05) is 0 Å². The van der Waals surface area contributed by atoms with Crippen molar-refractivity contribution in [2.24, 2.45) is 0 Å². The van der Waals surface area contributed by atoms with Crippen molar-refractivity contribution in [3.05, 3.63) is 0 Å². The largest absolute Gasteiger partial charge is 0.748 e. The molecular weight excluding hydrogens is 298 g/mol. The molecule has 4 nitrogen and oxygen atoms in total. The molecule has 5 heteroatoms. The quantitative estimate of drug-likeness (QED) is 0.305. The zero-order valence-electron chi connectivity index (χ0n) is 15.6. The summed E-state index contributed by atoms with van der Waals surface area (Å²) in [4.78, 5) is 0. The van der Waals surface area contributed by atoms with Crippen molar-refractivity contribution in [3.8, 4) is 0 Å². The van der Waals surface area contributed by atoms with Crippen molar-refractivity contribution in [2.45, 2.75) is 79.6 Å². The molecule has 0 aromatic carbocycles. The van der Waals surface area contributed by atoms with Gasteiger partial charge >= 0.3 is 0 Å². The van der Waals surface area contributed by atoms with Crippen LogP contribution >= 0.6 is 0 Å². The fourth-order valence-corrected chi connectivity index (χ4v) is 3.12. The van der Waals surface area contributed by atoms with Gasteiger partial charge in [0.25, 0.3) is 0 Å². The molecule has 0 heterocycles. The zero-order valence-corrected chi connectivity index (χ0v) is 16.4. The van der Waals surface area contributed by atoms with Gasteiger partial charge in [0.1, 0.15) is 0 Å². The minimum Gasteiger partial charge on any atom is -0.748 e. The van der Waals surface area contributed by atoms with Crippen LogP contribution in [-0.4, -0.2) is 49.4 Å². The Balaban J connectivity index is 0. The highest BCUT2D eigenvalue weighted by Gasteiger charge is 2.19. The van der Waals surface area contributed by atoms with Crippen LogP contribution in [0.4, 0.5) is 0 Å². The van der Waals surface area contributed by atoms with Gasteiger partial charge in [0.2, 0.25) is 0 Å². The van der Waals surface area contributed by atoms with E-state index in [1.165, 1.54) is 69.2 Å². The van der Waals surface area contributed by atoms with Crippen LogP contribution in [0.1, 0.15) is 79.6 Å². The van der Waals surface area contributed by atoms with Gasteiger partial charge in [0.05, 0.1) is 36.3 Å². The summed E-state index contributed by atoms with van der Waals surface area (Å²) >= 11 is 0. The molecule has 0 fully saturated rings. The predicted octanol–water partition coefficient (Wildman–Crippen LogP) is 4.17. The fourth-order valence-electron chi connectivity index (χ4n) is 2.62. The van der Waals surface area contributed by atoms with Gasteiger partial charge < -0.3 is 9.04 Å². The lowest BCUT2D eigenvalue weighted by Gasteiger charge is -2.35. The van der Waals surface area contributed by atoms with E-state index < -0.39 is 10.1 Å². The minimum atomic E-state index is -3.92. The van der Waals surface area contributed by atoms with Crippen LogP contribution in [0.15, 0.2) is 0 Å². The minimum absolute atomic E-state index is 0.243. The van der Waals surface area contributed by atoms with E-state index in [9.17, 15) is 13.0 Å². The molecule has 0 N–H and O–H groups in total. The molecule has 0 saturated carbocycles. The van der Waals surface area contributed by atoms with Gasteiger partial charge in [0.15, 0.2) is 0 Å². The van der Waals surface area contributed by atoms with Crippen LogP contribution < -0.4 is 0 Å². The van der Waals surface area contributed by atoms with Gasteiger partial charge in [-0.1, -0.05) is 39.5 Å². The summed E-state index contributed by atoms with van der Waals surface area (Å²) in [5, 5.41) is 0. The molecule has 0 rings (SSSR count). The molecule has 0 aliphatic carbocycles. The normalized spacial score (nSPS) is 11.9. The van der Waals surface area contributed by atoms with Crippen LogP contribution in [0, 0.1) is 0 Å². The number of hydrogen-bond acceptors (Lipinski definition) is 3. The Hall–Kier alpha value is -0.130. The highest BCUT2D eigenvalue weighted by atomic mass is 32.2. The van der Waals surface area contributed by atoms with E-state index in [0.29, 0.717) is 6.42 Å². The molecule has 0 radical (unpaired) electrons. The van der Waals surface area contributed by atoms with Crippen LogP contribution in [0.25, 0.3) is 0 Å². The Morgan fingerprint density at radius 1 is 0.727 bits per heavy atom. The standard InChI is InChI=1S/C14H32N.C3H8O3S/c1-5-9-10-11-12-13-14-15(6-2,7-3)8-4;1-2-3-7(4,5)6/h5-14H2,1-4H3;2-3H2,1H3,(H,4,5,6)/q+1;/p-1. The van der Waals surface area contributed by atoms with Crippen molar-refractivity contribution >= 4 is 10.1 Å². The van der Waals surface area contributed by atoms with Crippen molar-refractivity contribution < 1.29 is 17.5 Å². The average molecular weight is 338 g/mol. The van der Waals surface area contributed by atoms with Crippen LogP contribution in [0.3, 0.4) is 0 Å². The van der Waals surface area contributed by atoms with E-state index in [2.05, 4.69) is 27.7 Å². The van der Waals surface area contributed by atoms with Gasteiger partial charge in [-0.05, 0) is 40.0 Å². The Morgan fingerprint density at radius 2 is 1.18 bits per heavy atom. The van der Waals surface area contributed by atoms with E-state index >= 15 is 0 Å². The Labute approximate surface area is 139 Å². The maximum Gasteiger partial charge on any atom is 0.0945 e. The van der Waals surface area contributed by atoms with Crippen molar-refractivity contribution in [2.75, 3.05) is 31.9 Å². The molecule has 22 heavy (non-hydrogen) atoms. The summed E-state index contributed by atoms with van der Waals surface area (Å²) in [6, 6.07) is 0. The second kappa shape index (κ2) is 14.5. The number of unbranched alkanes of at least 4 members (excludes halogenated alkanes) is 5. The van der Waals surface area contributed by atoms with Crippen LogP contribution in [0.2, 0.25) is 0 Å². The van der Waals surface area contributed by atoms with Crippen LogP contribution in [-0.2, 0) is 10.1 Å². The summed E-state index contributed by atoms with van der Waals surface area (Å²) in [5.41, 5.74) is 0. The van der Waals surface area contributed by atoms with E-state index in [0.717, 1.165) is 0 Å². The third kappa shape index (κ3) is 14.8. The van der Waals surface area contributed by atoms with Gasteiger partial charge in [-0.3, -0.25) is 0 Å². The number of hydrogen-bond donors (Lipinski definition) is 0. The van der Waals surface area contributed by atoms with E-state index in [-0.39, 0.29) is 5.75 Å². The molecule has 136 valence electrons. The topological polar surface area (TPSA) is 57.2 Å². The van der Waals surface area contributed by atoms with Crippen molar-refractivity contribution in [1.82, 2.24) is 0 Å².